The zero-order valence-corrected chi connectivity index (χ0v) is 17.7. The van der Waals surface area contributed by atoms with Crippen LogP contribution in [-0.4, -0.2) is 67.5 Å². The van der Waals surface area contributed by atoms with Gasteiger partial charge in [-0.15, -0.1) is 0 Å². The number of piperazine rings is 1. The second kappa shape index (κ2) is 8.62. The fourth-order valence-corrected chi connectivity index (χ4v) is 3.93. The molecular weight excluding hydrogens is 420 g/mol. The molecule has 0 atom stereocenters. The SMILES string of the molecule is O=C(c1cnccn1)N1CCN(C(=O)c2nn(-c3ccccc3)c(=O)c3ccccc23)CC1. The fourth-order valence-electron chi connectivity index (χ4n) is 3.93. The molecule has 0 spiro atoms. The number of carbonyl (C=O) groups excluding carboxylic acids is 2. The van der Waals surface area contributed by atoms with Crippen molar-refractivity contribution in [2.45, 2.75) is 0 Å². The van der Waals surface area contributed by atoms with E-state index in [4.69, 9.17) is 0 Å². The van der Waals surface area contributed by atoms with Crippen molar-refractivity contribution >= 4 is 22.6 Å². The Hall–Kier alpha value is -4.40. The Morgan fingerprint density at radius 2 is 1.39 bits per heavy atom. The van der Waals surface area contributed by atoms with Crippen LogP contribution in [0.1, 0.15) is 21.0 Å². The minimum Gasteiger partial charge on any atom is -0.334 e. The third-order valence-electron chi connectivity index (χ3n) is 5.64. The molecular formula is C24H20N6O3. The molecule has 2 aromatic heterocycles. The Balaban J connectivity index is 1.44. The molecule has 3 heterocycles. The molecule has 0 radical (unpaired) electrons. The number of carbonyl (C=O) groups is 2. The molecule has 2 amide bonds. The highest BCUT2D eigenvalue weighted by Crippen LogP contribution is 2.18. The van der Waals surface area contributed by atoms with E-state index in [1.54, 1.807) is 46.2 Å². The summed E-state index contributed by atoms with van der Waals surface area (Å²) in [4.78, 5) is 50.5. The molecule has 5 rings (SSSR count). The summed E-state index contributed by atoms with van der Waals surface area (Å²) in [5.74, 6) is -0.487. The van der Waals surface area contributed by atoms with Crippen LogP contribution < -0.4 is 5.56 Å². The first-order chi connectivity index (χ1) is 16.1. The summed E-state index contributed by atoms with van der Waals surface area (Å²) in [5, 5.41) is 5.40. The lowest BCUT2D eigenvalue weighted by molar-refractivity contribution is 0.0529. The highest BCUT2D eigenvalue weighted by molar-refractivity contribution is 6.05. The number of hydrogen-bond donors (Lipinski definition) is 0. The van der Waals surface area contributed by atoms with Crippen LogP contribution in [0.2, 0.25) is 0 Å². The Bertz CT molecular complexity index is 1380. The molecule has 0 saturated carbocycles. The van der Waals surface area contributed by atoms with Crippen molar-refractivity contribution in [3.8, 4) is 5.69 Å². The largest absolute Gasteiger partial charge is 0.334 e. The van der Waals surface area contributed by atoms with Gasteiger partial charge in [0.2, 0.25) is 0 Å². The van der Waals surface area contributed by atoms with Crippen LogP contribution in [0.25, 0.3) is 16.5 Å². The normalized spacial score (nSPS) is 13.8. The van der Waals surface area contributed by atoms with Crippen molar-refractivity contribution in [1.29, 1.82) is 0 Å². The van der Waals surface area contributed by atoms with Crippen LogP contribution in [0, 0.1) is 0 Å². The van der Waals surface area contributed by atoms with E-state index in [9.17, 15) is 14.4 Å². The van der Waals surface area contributed by atoms with Crippen LogP contribution in [0.3, 0.4) is 0 Å². The number of rotatable bonds is 3. The topological polar surface area (TPSA) is 101 Å². The third kappa shape index (κ3) is 3.84. The number of para-hydroxylation sites is 1. The molecule has 164 valence electrons. The second-order valence-corrected chi connectivity index (χ2v) is 7.62. The predicted molar refractivity (Wildman–Crippen MR) is 121 cm³/mol. The van der Waals surface area contributed by atoms with Crippen LogP contribution >= 0.6 is 0 Å². The number of fused-ring (bicyclic) bond motifs is 1. The monoisotopic (exact) mass is 440 g/mol. The Morgan fingerprint density at radius 1 is 0.758 bits per heavy atom. The second-order valence-electron chi connectivity index (χ2n) is 7.62. The van der Waals surface area contributed by atoms with Crippen LogP contribution in [-0.2, 0) is 0 Å². The summed E-state index contributed by atoms with van der Waals surface area (Å²) < 4.78 is 1.27. The first kappa shape index (κ1) is 20.5. The number of aromatic nitrogens is 4. The van der Waals surface area contributed by atoms with Crippen molar-refractivity contribution in [3.05, 3.63) is 94.9 Å². The van der Waals surface area contributed by atoms with Gasteiger partial charge in [0.1, 0.15) is 5.69 Å². The molecule has 1 fully saturated rings. The van der Waals surface area contributed by atoms with Crippen molar-refractivity contribution in [2.24, 2.45) is 0 Å². The lowest BCUT2D eigenvalue weighted by Crippen LogP contribution is -2.51. The average molecular weight is 440 g/mol. The molecule has 1 aliphatic heterocycles. The first-order valence-corrected chi connectivity index (χ1v) is 10.6. The fraction of sp³-hybridized carbons (Fsp3) is 0.167. The zero-order chi connectivity index (χ0) is 22.8. The Morgan fingerprint density at radius 3 is 2.06 bits per heavy atom. The van der Waals surface area contributed by atoms with Gasteiger partial charge >= 0.3 is 0 Å². The molecule has 0 aliphatic carbocycles. The highest BCUT2D eigenvalue weighted by Gasteiger charge is 2.28. The number of benzene rings is 2. The standard InChI is InChI=1S/C24H20N6O3/c31-22-19-9-5-4-8-18(19)21(27-30(22)17-6-2-1-3-7-17)24(33)29-14-12-28(13-15-29)23(32)20-16-25-10-11-26-20/h1-11,16H,12-15H2. The van der Waals surface area contributed by atoms with Gasteiger partial charge in [-0.3, -0.25) is 19.4 Å². The maximum Gasteiger partial charge on any atom is 0.279 e. The number of amides is 2. The molecule has 0 N–H and O–H groups in total. The van der Waals surface area contributed by atoms with Gasteiger partial charge in [0.05, 0.1) is 17.3 Å². The van der Waals surface area contributed by atoms with Gasteiger partial charge in [-0.1, -0.05) is 36.4 Å². The van der Waals surface area contributed by atoms with Crippen molar-refractivity contribution in [3.63, 3.8) is 0 Å². The van der Waals surface area contributed by atoms with E-state index in [1.807, 2.05) is 18.2 Å². The van der Waals surface area contributed by atoms with Crippen molar-refractivity contribution in [2.75, 3.05) is 26.2 Å². The molecule has 1 saturated heterocycles. The lowest BCUT2D eigenvalue weighted by Gasteiger charge is -2.34. The van der Waals surface area contributed by atoms with Gasteiger partial charge < -0.3 is 9.80 Å². The van der Waals surface area contributed by atoms with Gasteiger partial charge in [0.15, 0.2) is 5.69 Å². The summed E-state index contributed by atoms with van der Waals surface area (Å²) in [6.07, 6.45) is 4.42. The zero-order valence-electron chi connectivity index (χ0n) is 17.7. The lowest BCUT2D eigenvalue weighted by atomic mass is 10.1. The van der Waals surface area contributed by atoms with Crippen LogP contribution in [0.4, 0.5) is 0 Å². The minimum absolute atomic E-state index is 0.211. The van der Waals surface area contributed by atoms with Gasteiger partial charge in [-0.05, 0) is 18.2 Å². The van der Waals surface area contributed by atoms with Gasteiger partial charge in [-0.2, -0.15) is 9.78 Å². The minimum atomic E-state index is -0.285. The average Bonchev–Trinajstić information content (AvgIpc) is 2.89. The molecule has 1 aliphatic rings. The number of hydrogen-bond acceptors (Lipinski definition) is 6. The van der Waals surface area contributed by atoms with Gasteiger partial charge in [0.25, 0.3) is 17.4 Å². The van der Waals surface area contributed by atoms with E-state index in [0.29, 0.717) is 42.6 Å². The summed E-state index contributed by atoms with van der Waals surface area (Å²) in [7, 11) is 0. The molecule has 2 aromatic carbocycles. The van der Waals surface area contributed by atoms with E-state index in [0.717, 1.165) is 0 Å². The summed E-state index contributed by atoms with van der Waals surface area (Å²) in [5.41, 5.74) is 0.789. The number of nitrogens with zero attached hydrogens (tertiary/aromatic N) is 6. The summed E-state index contributed by atoms with van der Waals surface area (Å²) in [6, 6.07) is 16.0. The van der Waals surface area contributed by atoms with Gasteiger partial charge in [-0.25, -0.2) is 4.98 Å². The van der Waals surface area contributed by atoms with Crippen molar-refractivity contribution < 1.29 is 9.59 Å². The Labute approximate surface area is 188 Å². The highest BCUT2D eigenvalue weighted by atomic mass is 16.2. The molecule has 9 heteroatoms. The maximum absolute atomic E-state index is 13.5. The molecule has 0 bridgehead atoms. The van der Waals surface area contributed by atoms with Crippen LogP contribution in [0.5, 0.6) is 0 Å². The molecule has 4 aromatic rings. The van der Waals surface area contributed by atoms with Crippen molar-refractivity contribution in [1.82, 2.24) is 29.5 Å². The maximum atomic E-state index is 13.5. The summed E-state index contributed by atoms with van der Waals surface area (Å²) in [6.45, 7) is 1.45. The first-order valence-electron chi connectivity index (χ1n) is 10.6. The van der Waals surface area contributed by atoms with E-state index < -0.39 is 0 Å². The van der Waals surface area contributed by atoms with Gasteiger partial charge in [0, 0.05) is 44.0 Å². The van der Waals surface area contributed by atoms with E-state index in [1.165, 1.54) is 23.3 Å². The predicted octanol–water partition coefficient (Wildman–Crippen LogP) is 1.77. The third-order valence-corrected chi connectivity index (χ3v) is 5.64. The molecule has 9 nitrogen and oxygen atoms in total. The molecule has 0 unspecified atom stereocenters. The Kier molecular flexibility index (Phi) is 5.35. The van der Waals surface area contributed by atoms with E-state index >= 15 is 0 Å². The summed E-state index contributed by atoms with van der Waals surface area (Å²) >= 11 is 0. The van der Waals surface area contributed by atoms with Crippen LogP contribution in [0.15, 0.2) is 78.0 Å². The smallest absolute Gasteiger partial charge is 0.279 e. The van der Waals surface area contributed by atoms with E-state index in [-0.39, 0.29) is 28.8 Å². The quantitative estimate of drug-likeness (QED) is 0.481. The molecule has 33 heavy (non-hydrogen) atoms. The van der Waals surface area contributed by atoms with E-state index in [2.05, 4.69) is 15.1 Å².